The zero-order chi connectivity index (χ0) is 18.4. The van der Waals surface area contributed by atoms with Crippen LogP contribution in [0.3, 0.4) is 0 Å². The normalized spacial score (nSPS) is 14.4. The first kappa shape index (κ1) is 19.3. The first-order valence-electron chi connectivity index (χ1n) is 9.48. The highest BCUT2D eigenvalue weighted by Gasteiger charge is 2.30. The number of anilines is 1. The van der Waals surface area contributed by atoms with Crippen molar-refractivity contribution < 1.29 is 4.79 Å². The van der Waals surface area contributed by atoms with Crippen LogP contribution in [0.4, 0.5) is 5.69 Å². The third-order valence-corrected chi connectivity index (χ3v) is 4.90. The van der Waals surface area contributed by atoms with E-state index < -0.39 is 0 Å². The number of fused-ring (bicyclic) bond motifs is 1. The summed E-state index contributed by atoms with van der Waals surface area (Å²) in [6.07, 6.45) is 4.13. The Kier molecular flexibility index (Phi) is 6.86. The van der Waals surface area contributed by atoms with E-state index >= 15 is 0 Å². The molecule has 1 atom stereocenters. The van der Waals surface area contributed by atoms with Gasteiger partial charge in [0.25, 0.3) is 0 Å². The van der Waals surface area contributed by atoms with Crippen LogP contribution < -0.4 is 5.32 Å². The average molecular weight is 341 g/mol. The molecule has 0 spiro atoms. The van der Waals surface area contributed by atoms with E-state index in [4.69, 9.17) is 0 Å². The van der Waals surface area contributed by atoms with Crippen molar-refractivity contribution in [3.8, 4) is 0 Å². The minimum Gasteiger partial charge on any atom is -0.385 e. The highest BCUT2D eigenvalue weighted by molar-refractivity contribution is 5.78. The summed E-state index contributed by atoms with van der Waals surface area (Å²) in [7, 11) is 0. The lowest BCUT2D eigenvalue weighted by Crippen LogP contribution is -2.31. The van der Waals surface area contributed by atoms with Crippen molar-refractivity contribution in [2.24, 2.45) is 0 Å². The van der Waals surface area contributed by atoms with Crippen molar-refractivity contribution in [1.82, 2.24) is 4.90 Å². The van der Waals surface area contributed by atoms with Crippen LogP contribution in [-0.4, -0.2) is 23.3 Å². The molecule has 0 amide bonds. The van der Waals surface area contributed by atoms with Gasteiger partial charge in [-0.05, 0) is 32.3 Å². The fourth-order valence-electron chi connectivity index (χ4n) is 3.54. The number of Topliss-reactive ketones (excluding diaryl/α,β-unsaturated/α-hetero) is 1. The lowest BCUT2D eigenvalue weighted by Gasteiger charge is -2.31. The predicted octanol–water partition coefficient (Wildman–Crippen LogP) is 5.39. The molecule has 1 N–H and O–H groups in total. The molecule has 0 saturated carbocycles. The minimum absolute atomic E-state index is 0.166. The Bertz CT molecular complexity index is 647. The number of carbonyl (C=O) groups is 1. The van der Waals surface area contributed by atoms with Gasteiger partial charge in [0.1, 0.15) is 5.78 Å². The van der Waals surface area contributed by atoms with Gasteiger partial charge in [-0.3, -0.25) is 4.79 Å². The quantitative estimate of drug-likeness (QED) is 0.580. The minimum atomic E-state index is 0.166. The van der Waals surface area contributed by atoms with Gasteiger partial charge in [0, 0.05) is 48.4 Å². The van der Waals surface area contributed by atoms with E-state index in [1.54, 1.807) is 0 Å². The van der Waals surface area contributed by atoms with Crippen LogP contribution in [0.1, 0.15) is 64.0 Å². The summed E-state index contributed by atoms with van der Waals surface area (Å²) in [5, 5.41) is 3.53. The molecule has 25 heavy (non-hydrogen) atoms. The summed E-state index contributed by atoms with van der Waals surface area (Å²) in [5.74, 6) is 0.348. The Morgan fingerprint density at radius 1 is 1.28 bits per heavy atom. The molecule has 1 aliphatic heterocycles. The van der Waals surface area contributed by atoms with Gasteiger partial charge in [0.15, 0.2) is 0 Å². The number of nitrogens with one attached hydrogen (secondary N) is 1. The number of rotatable bonds is 10. The largest absolute Gasteiger partial charge is 0.385 e. The lowest BCUT2D eigenvalue weighted by atomic mass is 10.00. The monoisotopic (exact) mass is 340 g/mol. The number of hydrogen-bond acceptors (Lipinski definition) is 3. The van der Waals surface area contributed by atoms with Crippen molar-refractivity contribution in [1.29, 1.82) is 0 Å². The van der Waals surface area contributed by atoms with Crippen molar-refractivity contribution >= 4 is 17.2 Å². The van der Waals surface area contributed by atoms with Crippen molar-refractivity contribution in [3.63, 3.8) is 0 Å². The number of carbonyl (C=O) groups excluding carboxylic acids is 1. The lowest BCUT2D eigenvalue weighted by molar-refractivity contribution is -0.119. The third kappa shape index (κ3) is 4.53. The molecule has 0 aliphatic carbocycles. The third-order valence-electron chi connectivity index (χ3n) is 4.90. The molecular formula is C22H32N2O. The average Bonchev–Trinajstić information content (AvgIpc) is 2.91. The molecule has 0 radical (unpaired) electrons. The van der Waals surface area contributed by atoms with Crippen molar-refractivity contribution in [2.75, 3.05) is 11.9 Å². The van der Waals surface area contributed by atoms with E-state index in [9.17, 15) is 4.79 Å². The molecule has 0 fully saturated rings. The summed E-state index contributed by atoms with van der Waals surface area (Å²) >= 11 is 0. The molecule has 1 aliphatic rings. The Morgan fingerprint density at radius 2 is 2.04 bits per heavy atom. The van der Waals surface area contributed by atoms with Crippen LogP contribution in [0, 0.1) is 0 Å². The van der Waals surface area contributed by atoms with Gasteiger partial charge in [-0.15, -0.1) is 0 Å². The number of hydrogen-bond donors (Lipinski definition) is 1. The highest BCUT2D eigenvalue weighted by Crippen LogP contribution is 2.39. The van der Waals surface area contributed by atoms with Gasteiger partial charge in [0.2, 0.25) is 0 Å². The predicted molar refractivity (Wildman–Crippen MR) is 108 cm³/mol. The van der Waals surface area contributed by atoms with Crippen LogP contribution in [0.25, 0.3) is 5.70 Å². The van der Waals surface area contributed by atoms with Gasteiger partial charge >= 0.3 is 0 Å². The maximum atomic E-state index is 12.0. The zero-order valence-corrected chi connectivity index (χ0v) is 16.0. The Labute approximate surface area is 152 Å². The molecule has 0 saturated heterocycles. The molecule has 0 bridgehead atoms. The molecule has 3 nitrogen and oxygen atoms in total. The molecule has 1 aromatic rings. The van der Waals surface area contributed by atoms with Crippen LogP contribution in [0.2, 0.25) is 0 Å². The van der Waals surface area contributed by atoms with Crippen LogP contribution >= 0.6 is 0 Å². The van der Waals surface area contributed by atoms with Crippen LogP contribution in [0.5, 0.6) is 0 Å². The molecular weight excluding hydrogens is 308 g/mol. The van der Waals surface area contributed by atoms with Crippen LogP contribution in [0.15, 0.2) is 36.9 Å². The first-order valence-corrected chi connectivity index (χ1v) is 9.48. The second kappa shape index (κ2) is 8.89. The summed E-state index contributed by atoms with van der Waals surface area (Å²) in [6, 6.07) is 6.55. The van der Waals surface area contributed by atoms with E-state index in [1.165, 1.54) is 16.8 Å². The van der Waals surface area contributed by atoms with Crippen molar-refractivity contribution in [3.05, 3.63) is 48.1 Å². The molecule has 2 rings (SSSR count). The van der Waals surface area contributed by atoms with Gasteiger partial charge < -0.3 is 10.2 Å². The van der Waals surface area contributed by atoms with Gasteiger partial charge in [0.05, 0.1) is 6.04 Å². The smallest absolute Gasteiger partial charge is 0.132 e. The number of nitrogens with zero attached hydrogens (tertiary/aromatic N) is 1. The van der Waals surface area contributed by atoms with Crippen molar-refractivity contribution in [2.45, 2.75) is 65.5 Å². The summed E-state index contributed by atoms with van der Waals surface area (Å²) in [5.41, 5.74) is 5.87. The zero-order valence-electron chi connectivity index (χ0n) is 16.0. The van der Waals surface area contributed by atoms with E-state index in [2.05, 4.69) is 62.3 Å². The second-order valence-corrected chi connectivity index (χ2v) is 7.02. The highest BCUT2D eigenvalue weighted by atomic mass is 16.1. The SMILES string of the molecule is C=C(C)C(CCC(=O)CCC)N1Cc2c(NCCC)cccc2C1=C. The van der Waals surface area contributed by atoms with E-state index in [0.29, 0.717) is 18.6 Å². The molecule has 0 aromatic heterocycles. The summed E-state index contributed by atoms with van der Waals surface area (Å²) in [4.78, 5) is 14.3. The Hall–Kier alpha value is -2.03. The maximum Gasteiger partial charge on any atom is 0.132 e. The van der Waals surface area contributed by atoms with E-state index in [1.807, 2.05) is 0 Å². The molecule has 1 heterocycles. The molecule has 1 aromatic carbocycles. The van der Waals surface area contributed by atoms with E-state index in [0.717, 1.165) is 43.6 Å². The Morgan fingerprint density at radius 3 is 2.68 bits per heavy atom. The molecule has 3 heteroatoms. The topological polar surface area (TPSA) is 32.3 Å². The van der Waals surface area contributed by atoms with Gasteiger partial charge in [-0.25, -0.2) is 0 Å². The van der Waals surface area contributed by atoms with Crippen LogP contribution in [-0.2, 0) is 11.3 Å². The second-order valence-electron chi connectivity index (χ2n) is 7.02. The Balaban J connectivity index is 2.16. The van der Waals surface area contributed by atoms with Gasteiger partial charge in [-0.2, -0.15) is 0 Å². The van der Waals surface area contributed by atoms with Gasteiger partial charge in [-0.1, -0.05) is 44.7 Å². The standard InChI is InChI=1S/C22H32N2O/c1-6-9-18(25)12-13-22(16(3)4)24-15-20-19(17(24)5)10-8-11-21(20)23-14-7-2/h8,10-11,22-23H,3,5-7,9,12-15H2,1-2,4H3. The number of ketones is 1. The number of benzene rings is 1. The fourth-order valence-corrected chi connectivity index (χ4v) is 3.54. The van der Waals surface area contributed by atoms with E-state index in [-0.39, 0.29) is 6.04 Å². The molecule has 136 valence electrons. The maximum absolute atomic E-state index is 12.0. The fraction of sp³-hybridized carbons (Fsp3) is 0.500. The first-order chi connectivity index (χ1) is 12.0. The summed E-state index contributed by atoms with van der Waals surface area (Å²) < 4.78 is 0. The summed E-state index contributed by atoms with van der Waals surface area (Å²) in [6.45, 7) is 16.6. The molecule has 1 unspecified atom stereocenters.